The molecule has 0 fully saturated rings. The van der Waals surface area contributed by atoms with Crippen molar-refractivity contribution in [1.82, 2.24) is 15.1 Å². The monoisotopic (exact) mass is 247 g/mol. The highest BCUT2D eigenvalue weighted by atomic mass is 16.3. The SMILES string of the molecule is CCCNC(C)(CO)Cn1ncc2ccccc21. The van der Waals surface area contributed by atoms with Gasteiger partial charge in [0.15, 0.2) is 0 Å². The maximum atomic E-state index is 9.58. The van der Waals surface area contributed by atoms with Crippen molar-refractivity contribution >= 4 is 10.9 Å². The Kier molecular flexibility index (Phi) is 3.99. The van der Waals surface area contributed by atoms with Crippen LogP contribution in [0.2, 0.25) is 0 Å². The summed E-state index contributed by atoms with van der Waals surface area (Å²) in [6.45, 7) is 5.81. The smallest absolute Gasteiger partial charge is 0.0683 e. The van der Waals surface area contributed by atoms with Gasteiger partial charge in [0.25, 0.3) is 0 Å². The maximum absolute atomic E-state index is 9.58. The van der Waals surface area contributed by atoms with E-state index in [-0.39, 0.29) is 12.1 Å². The lowest BCUT2D eigenvalue weighted by Crippen LogP contribution is -2.49. The zero-order chi connectivity index (χ0) is 13.0. The normalized spacial score (nSPS) is 14.8. The van der Waals surface area contributed by atoms with E-state index in [1.54, 1.807) is 0 Å². The van der Waals surface area contributed by atoms with Gasteiger partial charge in [-0.2, -0.15) is 5.10 Å². The van der Waals surface area contributed by atoms with Crippen LogP contribution in [0.3, 0.4) is 0 Å². The molecular formula is C14H21N3O. The molecule has 0 saturated carbocycles. The molecule has 0 aliphatic heterocycles. The molecule has 0 spiro atoms. The fourth-order valence-electron chi connectivity index (χ4n) is 2.07. The van der Waals surface area contributed by atoms with Crippen LogP contribution in [-0.2, 0) is 6.54 Å². The van der Waals surface area contributed by atoms with Crippen molar-refractivity contribution in [3.8, 4) is 0 Å². The fourth-order valence-corrected chi connectivity index (χ4v) is 2.07. The minimum Gasteiger partial charge on any atom is -0.394 e. The quantitative estimate of drug-likeness (QED) is 0.818. The summed E-state index contributed by atoms with van der Waals surface area (Å²) in [6, 6.07) is 8.12. The van der Waals surface area contributed by atoms with Gasteiger partial charge in [0.05, 0.1) is 30.4 Å². The van der Waals surface area contributed by atoms with Gasteiger partial charge >= 0.3 is 0 Å². The van der Waals surface area contributed by atoms with Crippen molar-refractivity contribution in [1.29, 1.82) is 0 Å². The highest BCUT2D eigenvalue weighted by molar-refractivity contribution is 5.78. The number of nitrogens with one attached hydrogen (secondary N) is 1. The van der Waals surface area contributed by atoms with E-state index in [9.17, 15) is 5.11 Å². The molecule has 2 aromatic rings. The van der Waals surface area contributed by atoms with E-state index in [2.05, 4.69) is 29.5 Å². The van der Waals surface area contributed by atoms with Crippen LogP contribution in [0.25, 0.3) is 10.9 Å². The minimum atomic E-state index is -0.329. The Bertz CT molecular complexity index is 508. The number of aliphatic hydroxyl groups excluding tert-OH is 1. The summed E-state index contributed by atoms with van der Waals surface area (Å²) in [5.74, 6) is 0. The number of para-hydroxylation sites is 1. The standard InChI is InChI=1S/C14H21N3O/c1-3-8-15-14(2,11-18)10-17-13-7-5-4-6-12(13)9-16-17/h4-7,9,15,18H,3,8,10-11H2,1-2H3. The van der Waals surface area contributed by atoms with E-state index >= 15 is 0 Å². The van der Waals surface area contributed by atoms with Gasteiger partial charge in [0.1, 0.15) is 0 Å². The van der Waals surface area contributed by atoms with Gasteiger partial charge in [-0.25, -0.2) is 0 Å². The molecule has 0 bridgehead atoms. The molecule has 4 nitrogen and oxygen atoms in total. The molecule has 1 atom stereocenters. The summed E-state index contributed by atoms with van der Waals surface area (Å²) in [4.78, 5) is 0. The fraction of sp³-hybridized carbons (Fsp3) is 0.500. The summed E-state index contributed by atoms with van der Waals surface area (Å²) >= 11 is 0. The highest BCUT2D eigenvalue weighted by Gasteiger charge is 2.23. The van der Waals surface area contributed by atoms with Crippen molar-refractivity contribution < 1.29 is 5.11 Å². The zero-order valence-electron chi connectivity index (χ0n) is 11.1. The van der Waals surface area contributed by atoms with Crippen LogP contribution in [0.15, 0.2) is 30.5 Å². The molecule has 0 amide bonds. The Morgan fingerprint density at radius 2 is 2.17 bits per heavy atom. The Hall–Kier alpha value is -1.39. The molecule has 0 aliphatic rings. The summed E-state index contributed by atoms with van der Waals surface area (Å²) in [5.41, 5.74) is 0.778. The minimum absolute atomic E-state index is 0.0984. The Labute approximate surface area is 108 Å². The first kappa shape index (κ1) is 13.1. The van der Waals surface area contributed by atoms with E-state index in [1.165, 1.54) is 0 Å². The summed E-state index contributed by atoms with van der Waals surface area (Å²) < 4.78 is 1.95. The highest BCUT2D eigenvalue weighted by Crippen LogP contribution is 2.16. The number of hydrogen-bond donors (Lipinski definition) is 2. The molecule has 1 heterocycles. The average molecular weight is 247 g/mol. The van der Waals surface area contributed by atoms with Gasteiger partial charge in [-0.05, 0) is 26.0 Å². The number of nitrogens with zero attached hydrogens (tertiary/aromatic N) is 2. The number of aromatic nitrogens is 2. The van der Waals surface area contributed by atoms with Gasteiger partial charge < -0.3 is 10.4 Å². The predicted octanol–water partition coefficient (Wildman–Crippen LogP) is 1.79. The van der Waals surface area contributed by atoms with Gasteiger partial charge in [-0.1, -0.05) is 25.1 Å². The van der Waals surface area contributed by atoms with Crippen LogP contribution < -0.4 is 5.32 Å². The largest absolute Gasteiger partial charge is 0.394 e. The number of hydrogen-bond acceptors (Lipinski definition) is 3. The third-order valence-corrected chi connectivity index (χ3v) is 3.20. The van der Waals surface area contributed by atoms with E-state index in [4.69, 9.17) is 0 Å². The zero-order valence-corrected chi connectivity index (χ0v) is 11.1. The lowest BCUT2D eigenvalue weighted by atomic mass is 10.0. The summed E-state index contributed by atoms with van der Waals surface area (Å²) in [6.07, 6.45) is 2.92. The molecular weight excluding hydrogens is 226 g/mol. The van der Waals surface area contributed by atoms with Crippen molar-refractivity contribution in [2.45, 2.75) is 32.4 Å². The van der Waals surface area contributed by atoms with E-state index in [0.29, 0.717) is 6.54 Å². The molecule has 1 aromatic heterocycles. The number of aliphatic hydroxyl groups is 1. The third kappa shape index (κ3) is 2.71. The first-order valence-electron chi connectivity index (χ1n) is 6.45. The summed E-state index contributed by atoms with van der Waals surface area (Å²) in [7, 11) is 0. The number of benzene rings is 1. The molecule has 4 heteroatoms. The second-order valence-electron chi connectivity index (χ2n) is 5.01. The van der Waals surface area contributed by atoms with Crippen LogP contribution in [0.4, 0.5) is 0 Å². The third-order valence-electron chi connectivity index (χ3n) is 3.20. The van der Waals surface area contributed by atoms with Crippen LogP contribution in [-0.4, -0.2) is 33.6 Å². The van der Waals surface area contributed by atoms with Crippen LogP contribution in [0.1, 0.15) is 20.3 Å². The lowest BCUT2D eigenvalue weighted by Gasteiger charge is -2.29. The second-order valence-corrected chi connectivity index (χ2v) is 5.01. The molecule has 18 heavy (non-hydrogen) atoms. The Morgan fingerprint density at radius 3 is 2.89 bits per heavy atom. The van der Waals surface area contributed by atoms with Gasteiger partial charge in [0, 0.05) is 5.39 Å². The molecule has 98 valence electrons. The van der Waals surface area contributed by atoms with E-state index < -0.39 is 0 Å². The molecule has 1 unspecified atom stereocenters. The Balaban J connectivity index is 2.21. The van der Waals surface area contributed by atoms with Crippen molar-refractivity contribution in [2.24, 2.45) is 0 Å². The Morgan fingerprint density at radius 1 is 1.39 bits per heavy atom. The number of rotatable bonds is 6. The van der Waals surface area contributed by atoms with Crippen molar-refractivity contribution in [2.75, 3.05) is 13.2 Å². The molecule has 0 radical (unpaired) electrons. The average Bonchev–Trinajstić information content (AvgIpc) is 2.80. The van der Waals surface area contributed by atoms with Gasteiger partial charge in [0.2, 0.25) is 0 Å². The molecule has 2 rings (SSSR count). The van der Waals surface area contributed by atoms with Crippen LogP contribution >= 0.6 is 0 Å². The first-order chi connectivity index (χ1) is 8.68. The second kappa shape index (κ2) is 5.50. The van der Waals surface area contributed by atoms with Gasteiger partial charge in [-0.15, -0.1) is 0 Å². The van der Waals surface area contributed by atoms with E-state index in [0.717, 1.165) is 23.9 Å². The first-order valence-corrected chi connectivity index (χ1v) is 6.45. The molecule has 0 saturated heterocycles. The van der Waals surface area contributed by atoms with Crippen LogP contribution in [0.5, 0.6) is 0 Å². The van der Waals surface area contributed by atoms with E-state index in [1.807, 2.05) is 29.9 Å². The van der Waals surface area contributed by atoms with Crippen LogP contribution in [0, 0.1) is 0 Å². The lowest BCUT2D eigenvalue weighted by molar-refractivity contribution is 0.155. The van der Waals surface area contributed by atoms with Gasteiger partial charge in [-0.3, -0.25) is 4.68 Å². The topological polar surface area (TPSA) is 50.1 Å². The molecule has 2 N–H and O–H groups in total. The molecule has 0 aliphatic carbocycles. The van der Waals surface area contributed by atoms with Crippen molar-refractivity contribution in [3.05, 3.63) is 30.5 Å². The maximum Gasteiger partial charge on any atom is 0.0683 e. The predicted molar refractivity (Wildman–Crippen MR) is 73.5 cm³/mol. The summed E-state index contributed by atoms with van der Waals surface area (Å²) in [5, 5.41) is 18.5. The number of fused-ring (bicyclic) bond motifs is 1. The molecule has 1 aromatic carbocycles. The van der Waals surface area contributed by atoms with Crippen molar-refractivity contribution in [3.63, 3.8) is 0 Å².